The third-order valence-corrected chi connectivity index (χ3v) is 3.67. The molecule has 24 heavy (non-hydrogen) atoms. The molecule has 1 aromatic heterocycles. The van der Waals surface area contributed by atoms with E-state index in [1.54, 1.807) is 19.4 Å². The van der Waals surface area contributed by atoms with Crippen molar-refractivity contribution in [1.29, 1.82) is 0 Å². The Kier molecular flexibility index (Phi) is 4.87. The molecule has 0 radical (unpaired) electrons. The molecule has 0 spiro atoms. The standard InChI is InChI=1S/C20H18N2O2/c1-24-19-9-8-16-12-15(5-7-17(16)13-19)6-10-20(23)22-14-18-4-2-3-11-21-18/h2-13H,14H2,1H3,(H,22,23)/b10-6+. The molecule has 2 aromatic carbocycles. The molecule has 0 aliphatic carbocycles. The molecule has 3 rings (SSSR count). The monoisotopic (exact) mass is 318 g/mol. The number of benzene rings is 2. The van der Waals surface area contributed by atoms with E-state index in [4.69, 9.17) is 4.74 Å². The molecular formula is C20H18N2O2. The first kappa shape index (κ1) is 15.7. The maximum Gasteiger partial charge on any atom is 0.244 e. The molecule has 1 N–H and O–H groups in total. The van der Waals surface area contributed by atoms with E-state index >= 15 is 0 Å². The molecule has 0 atom stereocenters. The number of aromatic nitrogens is 1. The van der Waals surface area contributed by atoms with Crippen LogP contribution in [-0.4, -0.2) is 18.0 Å². The molecular weight excluding hydrogens is 300 g/mol. The first-order chi connectivity index (χ1) is 11.7. The minimum atomic E-state index is -0.143. The molecule has 0 aliphatic heterocycles. The van der Waals surface area contributed by atoms with Gasteiger partial charge in [0.15, 0.2) is 0 Å². The van der Waals surface area contributed by atoms with E-state index < -0.39 is 0 Å². The van der Waals surface area contributed by atoms with Crippen molar-refractivity contribution < 1.29 is 9.53 Å². The van der Waals surface area contributed by atoms with E-state index in [0.29, 0.717) is 6.54 Å². The van der Waals surface area contributed by atoms with Crippen molar-refractivity contribution in [3.05, 3.63) is 78.1 Å². The average molecular weight is 318 g/mol. The topological polar surface area (TPSA) is 51.2 Å². The van der Waals surface area contributed by atoms with Crippen LogP contribution in [0, 0.1) is 0 Å². The largest absolute Gasteiger partial charge is 0.497 e. The Labute approximate surface area is 140 Å². The quantitative estimate of drug-likeness (QED) is 0.732. The minimum Gasteiger partial charge on any atom is -0.497 e. The lowest BCUT2D eigenvalue weighted by atomic mass is 10.1. The van der Waals surface area contributed by atoms with Gasteiger partial charge in [0.05, 0.1) is 19.3 Å². The highest BCUT2D eigenvalue weighted by Crippen LogP contribution is 2.22. The van der Waals surface area contributed by atoms with Crippen LogP contribution in [-0.2, 0) is 11.3 Å². The van der Waals surface area contributed by atoms with Crippen molar-refractivity contribution in [2.24, 2.45) is 0 Å². The molecule has 0 saturated heterocycles. The molecule has 4 nitrogen and oxygen atoms in total. The lowest BCUT2D eigenvalue weighted by Gasteiger charge is -2.04. The van der Waals surface area contributed by atoms with Crippen molar-refractivity contribution in [3.63, 3.8) is 0 Å². The number of ether oxygens (including phenoxy) is 1. The summed E-state index contributed by atoms with van der Waals surface area (Å²) in [6.45, 7) is 0.418. The normalized spacial score (nSPS) is 10.9. The summed E-state index contributed by atoms with van der Waals surface area (Å²) in [6, 6.07) is 17.6. The molecule has 120 valence electrons. The minimum absolute atomic E-state index is 0.143. The molecule has 0 bridgehead atoms. The molecule has 0 saturated carbocycles. The van der Waals surface area contributed by atoms with Crippen LogP contribution in [0.15, 0.2) is 66.9 Å². The predicted octanol–water partition coefficient (Wildman–Crippen LogP) is 3.57. The van der Waals surface area contributed by atoms with Gasteiger partial charge in [-0.05, 0) is 52.7 Å². The first-order valence-corrected chi connectivity index (χ1v) is 7.68. The van der Waals surface area contributed by atoms with Crippen LogP contribution >= 0.6 is 0 Å². The van der Waals surface area contributed by atoms with Gasteiger partial charge in [0.25, 0.3) is 0 Å². The third-order valence-electron chi connectivity index (χ3n) is 3.67. The van der Waals surface area contributed by atoms with Crippen molar-refractivity contribution in [3.8, 4) is 5.75 Å². The Bertz CT molecular complexity index is 873. The van der Waals surface area contributed by atoms with Crippen LogP contribution in [0.2, 0.25) is 0 Å². The maximum atomic E-state index is 11.9. The second kappa shape index (κ2) is 7.42. The van der Waals surface area contributed by atoms with E-state index in [-0.39, 0.29) is 5.91 Å². The third kappa shape index (κ3) is 3.98. The summed E-state index contributed by atoms with van der Waals surface area (Å²) in [6.07, 6.45) is 5.05. The number of methoxy groups -OCH3 is 1. The number of rotatable bonds is 5. The van der Waals surface area contributed by atoms with Crippen LogP contribution in [0.5, 0.6) is 5.75 Å². The van der Waals surface area contributed by atoms with E-state index in [9.17, 15) is 4.79 Å². The van der Waals surface area contributed by atoms with E-state index in [1.807, 2.05) is 54.6 Å². The van der Waals surface area contributed by atoms with E-state index in [0.717, 1.165) is 27.8 Å². The predicted molar refractivity (Wildman–Crippen MR) is 95.6 cm³/mol. The smallest absolute Gasteiger partial charge is 0.244 e. The Balaban J connectivity index is 1.65. The van der Waals surface area contributed by atoms with E-state index in [1.165, 1.54) is 6.08 Å². The molecule has 1 heterocycles. The van der Waals surface area contributed by atoms with Crippen LogP contribution in [0.1, 0.15) is 11.3 Å². The Morgan fingerprint density at radius 2 is 1.96 bits per heavy atom. The Hall–Kier alpha value is -3.14. The van der Waals surface area contributed by atoms with Crippen molar-refractivity contribution in [2.45, 2.75) is 6.54 Å². The number of nitrogens with one attached hydrogen (secondary N) is 1. The van der Waals surface area contributed by atoms with Gasteiger partial charge in [-0.2, -0.15) is 0 Å². The second-order valence-corrected chi connectivity index (χ2v) is 5.34. The molecule has 0 fully saturated rings. The highest BCUT2D eigenvalue weighted by molar-refractivity contribution is 5.93. The summed E-state index contributed by atoms with van der Waals surface area (Å²) in [7, 11) is 1.65. The summed E-state index contributed by atoms with van der Waals surface area (Å²) in [4.78, 5) is 16.1. The Morgan fingerprint density at radius 3 is 2.75 bits per heavy atom. The van der Waals surface area contributed by atoms with Crippen LogP contribution in [0.4, 0.5) is 0 Å². The first-order valence-electron chi connectivity index (χ1n) is 7.68. The average Bonchev–Trinajstić information content (AvgIpc) is 2.65. The van der Waals surface area contributed by atoms with Crippen molar-refractivity contribution in [2.75, 3.05) is 7.11 Å². The summed E-state index contributed by atoms with van der Waals surface area (Å²) < 4.78 is 5.22. The van der Waals surface area contributed by atoms with Crippen molar-refractivity contribution >= 4 is 22.8 Å². The number of amides is 1. The van der Waals surface area contributed by atoms with Crippen LogP contribution in [0.25, 0.3) is 16.8 Å². The maximum absolute atomic E-state index is 11.9. The van der Waals surface area contributed by atoms with Crippen molar-refractivity contribution in [1.82, 2.24) is 10.3 Å². The van der Waals surface area contributed by atoms with Gasteiger partial charge in [0.2, 0.25) is 5.91 Å². The molecule has 1 amide bonds. The highest BCUT2D eigenvalue weighted by Gasteiger charge is 1.99. The van der Waals surface area contributed by atoms with E-state index in [2.05, 4.69) is 10.3 Å². The zero-order chi connectivity index (χ0) is 16.8. The number of nitrogens with zero attached hydrogens (tertiary/aromatic N) is 1. The van der Waals surface area contributed by atoms with Gasteiger partial charge in [-0.3, -0.25) is 9.78 Å². The summed E-state index contributed by atoms with van der Waals surface area (Å²) in [5.41, 5.74) is 1.81. The highest BCUT2D eigenvalue weighted by atomic mass is 16.5. The zero-order valence-electron chi connectivity index (χ0n) is 13.4. The molecule has 4 heteroatoms. The van der Waals surface area contributed by atoms with Gasteiger partial charge in [0.1, 0.15) is 5.75 Å². The fourth-order valence-corrected chi connectivity index (χ4v) is 2.38. The van der Waals surface area contributed by atoms with Gasteiger partial charge in [0, 0.05) is 12.3 Å². The van der Waals surface area contributed by atoms with Gasteiger partial charge in [-0.25, -0.2) is 0 Å². The van der Waals surface area contributed by atoms with Gasteiger partial charge in [-0.1, -0.05) is 24.3 Å². The SMILES string of the molecule is COc1ccc2cc(/C=C/C(=O)NCc3ccccn3)ccc2c1. The number of hydrogen-bond acceptors (Lipinski definition) is 3. The van der Waals surface area contributed by atoms with Crippen LogP contribution < -0.4 is 10.1 Å². The summed E-state index contributed by atoms with van der Waals surface area (Å²) in [5, 5.41) is 5.02. The molecule has 0 unspecified atom stereocenters. The van der Waals surface area contributed by atoms with Gasteiger partial charge in [-0.15, -0.1) is 0 Å². The lowest BCUT2D eigenvalue weighted by Crippen LogP contribution is -2.20. The number of carbonyl (C=O) groups is 1. The number of hydrogen-bond donors (Lipinski definition) is 1. The fraction of sp³-hybridized carbons (Fsp3) is 0.100. The van der Waals surface area contributed by atoms with Crippen LogP contribution in [0.3, 0.4) is 0 Å². The number of fused-ring (bicyclic) bond motifs is 1. The Morgan fingerprint density at radius 1 is 1.12 bits per heavy atom. The second-order valence-electron chi connectivity index (χ2n) is 5.34. The molecule has 3 aromatic rings. The zero-order valence-corrected chi connectivity index (χ0v) is 13.4. The number of carbonyl (C=O) groups excluding carboxylic acids is 1. The number of pyridine rings is 1. The molecule has 0 aliphatic rings. The van der Waals surface area contributed by atoms with Gasteiger partial charge < -0.3 is 10.1 Å². The lowest BCUT2D eigenvalue weighted by molar-refractivity contribution is -0.116. The summed E-state index contributed by atoms with van der Waals surface area (Å²) in [5.74, 6) is 0.690. The van der Waals surface area contributed by atoms with Gasteiger partial charge >= 0.3 is 0 Å². The summed E-state index contributed by atoms with van der Waals surface area (Å²) >= 11 is 0. The fourth-order valence-electron chi connectivity index (χ4n) is 2.38.